The van der Waals surface area contributed by atoms with E-state index in [-0.39, 0.29) is 11.5 Å². The second kappa shape index (κ2) is 4.57. The molecular formula is C13H10F4N2O. The van der Waals surface area contributed by atoms with E-state index in [4.69, 9.17) is 4.42 Å². The summed E-state index contributed by atoms with van der Waals surface area (Å²) in [6.07, 6.45) is -0.811. The molecule has 1 aliphatic rings. The Bertz CT molecular complexity index is 625. The summed E-state index contributed by atoms with van der Waals surface area (Å²) in [7, 11) is 0. The molecule has 1 aliphatic carbocycles. The lowest BCUT2D eigenvalue weighted by molar-refractivity contribution is -0.141. The minimum Gasteiger partial charge on any atom is -0.441 e. The van der Waals surface area contributed by atoms with Gasteiger partial charge in [0.25, 0.3) is 0 Å². The van der Waals surface area contributed by atoms with Gasteiger partial charge in [-0.2, -0.15) is 13.2 Å². The standard InChI is InChI=1S/C13H10F4N2O/c14-8-6-18-11(13(15,16)17)5-7(8)12-19-9-3-1-2-4-10(9)20-12/h5-6H,1-4H2. The largest absolute Gasteiger partial charge is 0.441 e. The number of alkyl halides is 3. The number of aryl methyl sites for hydroxylation is 2. The van der Waals surface area contributed by atoms with E-state index in [1.165, 1.54) is 0 Å². The summed E-state index contributed by atoms with van der Waals surface area (Å²) < 4.78 is 56.9. The van der Waals surface area contributed by atoms with Crippen LogP contribution in [0.4, 0.5) is 17.6 Å². The summed E-state index contributed by atoms with van der Waals surface area (Å²) in [4.78, 5) is 7.15. The molecule has 3 nitrogen and oxygen atoms in total. The van der Waals surface area contributed by atoms with Crippen molar-refractivity contribution >= 4 is 0 Å². The Balaban J connectivity index is 2.07. The molecule has 0 atom stereocenters. The highest BCUT2D eigenvalue weighted by atomic mass is 19.4. The van der Waals surface area contributed by atoms with Gasteiger partial charge in [0.15, 0.2) is 5.82 Å². The molecule has 3 rings (SSSR count). The molecule has 0 unspecified atom stereocenters. The normalized spacial score (nSPS) is 15.2. The van der Waals surface area contributed by atoms with E-state index in [9.17, 15) is 17.6 Å². The number of halogens is 4. The Morgan fingerprint density at radius 2 is 1.90 bits per heavy atom. The topological polar surface area (TPSA) is 38.9 Å². The van der Waals surface area contributed by atoms with Gasteiger partial charge in [-0.05, 0) is 25.3 Å². The van der Waals surface area contributed by atoms with Crippen molar-refractivity contribution in [1.82, 2.24) is 9.97 Å². The molecule has 2 aromatic heterocycles. The number of aromatic nitrogens is 2. The van der Waals surface area contributed by atoms with Crippen LogP contribution in [-0.2, 0) is 19.0 Å². The molecule has 0 amide bonds. The Morgan fingerprint density at radius 3 is 2.60 bits per heavy atom. The minimum absolute atomic E-state index is 0.109. The predicted molar refractivity (Wildman–Crippen MR) is 61.3 cm³/mol. The van der Waals surface area contributed by atoms with Crippen molar-refractivity contribution < 1.29 is 22.0 Å². The summed E-state index contributed by atoms with van der Waals surface area (Å²) in [6.45, 7) is 0. The van der Waals surface area contributed by atoms with Gasteiger partial charge >= 0.3 is 6.18 Å². The number of rotatable bonds is 1. The Kier molecular flexibility index (Phi) is 2.99. The molecule has 0 bridgehead atoms. The summed E-state index contributed by atoms with van der Waals surface area (Å²) in [5.41, 5.74) is -0.761. The first-order chi connectivity index (χ1) is 9.45. The van der Waals surface area contributed by atoms with Crippen LogP contribution in [-0.4, -0.2) is 9.97 Å². The molecule has 0 aliphatic heterocycles. The van der Waals surface area contributed by atoms with E-state index in [0.717, 1.165) is 12.8 Å². The third-order valence-electron chi connectivity index (χ3n) is 3.22. The highest BCUT2D eigenvalue weighted by molar-refractivity contribution is 5.55. The van der Waals surface area contributed by atoms with Crippen LogP contribution in [0.3, 0.4) is 0 Å². The molecule has 0 saturated heterocycles. The van der Waals surface area contributed by atoms with Crippen LogP contribution >= 0.6 is 0 Å². The number of oxazole rings is 1. The summed E-state index contributed by atoms with van der Waals surface area (Å²) >= 11 is 0. The van der Waals surface area contributed by atoms with Crippen LogP contribution in [0.1, 0.15) is 30.0 Å². The monoisotopic (exact) mass is 286 g/mol. The summed E-state index contributed by atoms with van der Waals surface area (Å²) in [6, 6.07) is 0.632. The average Bonchev–Trinajstić information content (AvgIpc) is 2.81. The van der Waals surface area contributed by atoms with Crippen LogP contribution in [0.5, 0.6) is 0 Å². The van der Waals surface area contributed by atoms with Gasteiger partial charge in [-0.25, -0.2) is 14.4 Å². The molecule has 0 fully saturated rings. The molecule has 0 radical (unpaired) electrons. The molecule has 0 spiro atoms. The number of pyridine rings is 1. The molecule has 2 heterocycles. The van der Waals surface area contributed by atoms with Crippen molar-refractivity contribution in [2.45, 2.75) is 31.9 Å². The molecule has 20 heavy (non-hydrogen) atoms. The lowest BCUT2D eigenvalue weighted by atomic mass is 10.0. The third-order valence-corrected chi connectivity index (χ3v) is 3.22. The fraction of sp³-hybridized carbons (Fsp3) is 0.385. The fourth-order valence-corrected chi connectivity index (χ4v) is 2.22. The first kappa shape index (κ1) is 13.1. The fourth-order valence-electron chi connectivity index (χ4n) is 2.22. The van der Waals surface area contributed by atoms with Gasteiger partial charge in [-0.15, -0.1) is 0 Å². The molecule has 0 aromatic carbocycles. The van der Waals surface area contributed by atoms with Gasteiger partial charge in [-0.3, -0.25) is 0 Å². The average molecular weight is 286 g/mol. The quantitative estimate of drug-likeness (QED) is 0.749. The van der Waals surface area contributed by atoms with E-state index >= 15 is 0 Å². The van der Waals surface area contributed by atoms with Gasteiger partial charge in [0.1, 0.15) is 11.5 Å². The lowest BCUT2D eigenvalue weighted by Gasteiger charge is -2.06. The summed E-state index contributed by atoms with van der Waals surface area (Å²) in [5.74, 6) is -0.352. The zero-order chi connectivity index (χ0) is 14.3. The summed E-state index contributed by atoms with van der Waals surface area (Å²) in [5, 5.41) is 0. The van der Waals surface area contributed by atoms with Crippen molar-refractivity contribution in [2.24, 2.45) is 0 Å². The zero-order valence-corrected chi connectivity index (χ0v) is 10.3. The van der Waals surface area contributed by atoms with Crippen LogP contribution < -0.4 is 0 Å². The van der Waals surface area contributed by atoms with Crippen molar-refractivity contribution in [3.8, 4) is 11.5 Å². The van der Waals surface area contributed by atoms with Crippen LogP contribution in [0.15, 0.2) is 16.7 Å². The van der Waals surface area contributed by atoms with E-state index in [2.05, 4.69) is 9.97 Å². The smallest absolute Gasteiger partial charge is 0.433 e. The SMILES string of the molecule is Fc1cnc(C(F)(F)F)cc1-c1nc2c(o1)CCCC2. The number of hydrogen-bond donors (Lipinski definition) is 0. The van der Waals surface area contributed by atoms with Crippen molar-refractivity contribution in [3.05, 3.63) is 35.2 Å². The van der Waals surface area contributed by atoms with E-state index in [0.29, 0.717) is 36.6 Å². The van der Waals surface area contributed by atoms with E-state index in [1.54, 1.807) is 0 Å². The minimum atomic E-state index is -4.63. The highest BCUT2D eigenvalue weighted by Crippen LogP contribution is 2.33. The van der Waals surface area contributed by atoms with Gasteiger partial charge in [0.2, 0.25) is 5.89 Å². The van der Waals surface area contributed by atoms with Crippen LogP contribution in [0, 0.1) is 5.82 Å². The Morgan fingerprint density at radius 1 is 1.15 bits per heavy atom. The van der Waals surface area contributed by atoms with Crippen LogP contribution in [0.25, 0.3) is 11.5 Å². The number of nitrogens with zero attached hydrogens (tertiary/aromatic N) is 2. The first-order valence-electron chi connectivity index (χ1n) is 6.17. The molecule has 2 aromatic rings. The first-order valence-corrected chi connectivity index (χ1v) is 6.17. The maximum Gasteiger partial charge on any atom is 0.433 e. The van der Waals surface area contributed by atoms with Crippen molar-refractivity contribution in [3.63, 3.8) is 0 Å². The van der Waals surface area contributed by atoms with Crippen molar-refractivity contribution in [2.75, 3.05) is 0 Å². The molecule has 0 saturated carbocycles. The third kappa shape index (κ3) is 2.28. The zero-order valence-electron chi connectivity index (χ0n) is 10.3. The lowest BCUT2D eigenvalue weighted by Crippen LogP contribution is -2.08. The molecule has 106 valence electrons. The number of hydrogen-bond acceptors (Lipinski definition) is 3. The van der Waals surface area contributed by atoms with Gasteiger partial charge in [0, 0.05) is 6.42 Å². The second-order valence-corrected chi connectivity index (χ2v) is 4.64. The predicted octanol–water partition coefficient (Wildman–Crippen LogP) is 3.77. The van der Waals surface area contributed by atoms with Crippen LogP contribution in [0.2, 0.25) is 0 Å². The molecule has 7 heteroatoms. The Hall–Kier alpha value is -1.92. The van der Waals surface area contributed by atoms with E-state index < -0.39 is 17.7 Å². The van der Waals surface area contributed by atoms with Gasteiger partial charge in [-0.1, -0.05) is 0 Å². The van der Waals surface area contributed by atoms with Gasteiger partial charge in [0.05, 0.1) is 17.5 Å². The maximum atomic E-state index is 13.7. The Labute approximate surface area is 111 Å². The van der Waals surface area contributed by atoms with E-state index in [1.807, 2.05) is 0 Å². The highest BCUT2D eigenvalue weighted by Gasteiger charge is 2.34. The molecular weight excluding hydrogens is 276 g/mol. The maximum absolute atomic E-state index is 13.7. The van der Waals surface area contributed by atoms with Crippen molar-refractivity contribution in [1.29, 1.82) is 0 Å². The van der Waals surface area contributed by atoms with Gasteiger partial charge < -0.3 is 4.42 Å². The second-order valence-electron chi connectivity index (χ2n) is 4.64. The number of fused-ring (bicyclic) bond motifs is 1. The molecule has 0 N–H and O–H groups in total.